The van der Waals surface area contributed by atoms with E-state index < -0.39 is 11.7 Å². The first-order valence-corrected chi connectivity index (χ1v) is 6.69. The van der Waals surface area contributed by atoms with E-state index in [2.05, 4.69) is 0 Å². The van der Waals surface area contributed by atoms with Crippen molar-refractivity contribution >= 4 is 23.6 Å². The number of rotatable bonds is 4. The fourth-order valence-corrected chi connectivity index (χ4v) is 2.72. The van der Waals surface area contributed by atoms with Crippen molar-refractivity contribution in [2.45, 2.75) is 38.7 Å². The minimum absolute atomic E-state index is 0.0217. The maximum Gasteiger partial charge on any atom is 0.405 e. The van der Waals surface area contributed by atoms with E-state index in [0.29, 0.717) is 18.9 Å². The molecule has 0 aromatic heterocycles. The number of hydrogen-bond acceptors (Lipinski definition) is 3. The van der Waals surface area contributed by atoms with Gasteiger partial charge in [0, 0.05) is 13.1 Å². The Labute approximate surface area is 113 Å². The van der Waals surface area contributed by atoms with E-state index >= 15 is 0 Å². The lowest BCUT2D eigenvalue weighted by molar-refractivity contribution is -0.130. The van der Waals surface area contributed by atoms with Crippen molar-refractivity contribution in [2.75, 3.05) is 19.0 Å². The van der Waals surface area contributed by atoms with Gasteiger partial charge in [-0.25, -0.2) is 4.79 Å². The number of piperidine rings is 1. The molecule has 6 heteroatoms. The Kier molecular flexibility index (Phi) is 5.26. The van der Waals surface area contributed by atoms with Gasteiger partial charge in [0.15, 0.2) is 0 Å². The Morgan fingerprint density at radius 1 is 1.50 bits per heavy atom. The summed E-state index contributed by atoms with van der Waals surface area (Å²) in [6.07, 6.45) is 1.92. The standard InChI is InChI=1S/C12H21ClN2O3/c1-12(2,18-11(14)17)6-9-4-3-5-15(8-9)10(16)7-13/h9H,3-8H2,1-2H3,(H2,14,17)/t9-/m0/s1. The molecular formula is C12H21ClN2O3. The van der Waals surface area contributed by atoms with Crippen LogP contribution in [0.3, 0.4) is 0 Å². The van der Waals surface area contributed by atoms with Gasteiger partial charge in [0.2, 0.25) is 5.91 Å². The van der Waals surface area contributed by atoms with Crippen molar-refractivity contribution in [1.29, 1.82) is 0 Å². The van der Waals surface area contributed by atoms with Crippen molar-refractivity contribution in [3.63, 3.8) is 0 Å². The summed E-state index contributed by atoms with van der Waals surface area (Å²) >= 11 is 5.56. The molecule has 1 rings (SSSR count). The lowest BCUT2D eigenvalue weighted by Crippen LogP contribution is -2.43. The smallest absolute Gasteiger partial charge is 0.405 e. The summed E-state index contributed by atoms with van der Waals surface area (Å²) in [7, 11) is 0. The van der Waals surface area contributed by atoms with Gasteiger partial charge >= 0.3 is 6.09 Å². The highest BCUT2D eigenvalue weighted by atomic mass is 35.5. The van der Waals surface area contributed by atoms with Crippen LogP contribution in [0.15, 0.2) is 0 Å². The van der Waals surface area contributed by atoms with Crippen molar-refractivity contribution in [2.24, 2.45) is 11.7 Å². The fourth-order valence-electron chi connectivity index (χ4n) is 2.55. The zero-order chi connectivity index (χ0) is 13.8. The molecule has 0 saturated carbocycles. The maximum absolute atomic E-state index is 11.5. The lowest BCUT2D eigenvalue weighted by atomic mass is 9.87. The first kappa shape index (κ1) is 15.1. The molecular weight excluding hydrogens is 256 g/mol. The van der Waals surface area contributed by atoms with Crippen LogP contribution in [0, 0.1) is 5.92 Å². The number of likely N-dealkylation sites (tertiary alicyclic amines) is 1. The van der Waals surface area contributed by atoms with E-state index in [0.717, 1.165) is 19.4 Å². The summed E-state index contributed by atoms with van der Waals surface area (Å²) in [6, 6.07) is 0. The molecule has 0 radical (unpaired) electrons. The molecule has 0 aliphatic carbocycles. The number of nitrogens with two attached hydrogens (primary N) is 1. The van der Waals surface area contributed by atoms with E-state index in [1.165, 1.54) is 0 Å². The van der Waals surface area contributed by atoms with Crippen LogP contribution in [0.1, 0.15) is 33.1 Å². The molecule has 18 heavy (non-hydrogen) atoms. The Hall–Kier alpha value is -0.970. The second kappa shape index (κ2) is 6.27. The average Bonchev–Trinajstić information content (AvgIpc) is 2.25. The largest absolute Gasteiger partial charge is 0.444 e. The van der Waals surface area contributed by atoms with Gasteiger partial charge in [0.05, 0.1) is 0 Å². The zero-order valence-corrected chi connectivity index (χ0v) is 11.7. The zero-order valence-electron chi connectivity index (χ0n) is 10.9. The molecule has 1 atom stereocenters. The third-order valence-corrected chi connectivity index (χ3v) is 3.37. The normalized spacial score (nSPS) is 20.6. The molecule has 0 spiro atoms. The predicted octanol–water partition coefficient (Wildman–Crippen LogP) is 1.73. The number of primary amides is 1. The highest BCUT2D eigenvalue weighted by Crippen LogP contribution is 2.27. The molecule has 2 amide bonds. The van der Waals surface area contributed by atoms with Crippen LogP contribution < -0.4 is 5.73 Å². The van der Waals surface area contributed by atoms with Gasteiger partial charge in [-0.15, -0.1) is 11.6 Å². The van der Waals surface area contributed by atoms with E-state index in [4.69, 9.17) is 22.1 Å². The molecule has 0 aromatic rings. The molecule has 1 heterocycles. The fraction of sp³-hybridized carbons (Fsp3) is 0.833. The van der Waals surface area contributed by atoms with E-state index in [-0.39, 0.29) is 11.8 Å². The van der Waals surface area contributed by atoms with Gasteiger partial charge in [-0.1, -0.05) is 0 Å². The number of hydrogen-bond donors (Lipinski definition) is 1. The number of carbonyl (C=O) groups excluding carboxylic acids is 2. The second-order valence-corrected chi connectivity index (χ2v) is 5.63. The number of amides is 2. The molecule has 0 aromatic carbocycles. The van der Waals surface area contributed by atoms with Crippen LogP contribution in [0.25, 0.3) is 0 Å². The van der Waals surface area contributed by atoms with E-state index in [9.17, 15) is 9.59 Å². The van der Waals surface area contributed by atoms with Crippen molar-refractivity contribution in [3.05, 3.63) is 0 Å². The summed E-state index contributed by atoms with van der Waals surface area (Å²) in [4.78, 5) is 24.1. The molecule has 1 aliphatic heterocycles. The minimum atomic E-state index is -0.760. The van der Waals surface area contributed by atoms with Gasteiger partial charge in [0.25, 0.3) is 0 Å². The number of carbonyl (C=O) groups is 2. The third-order valence-electron chi connectivity index (χ3n) is 3.14. The lowest BCUT2D eigenvalue weighted by Gasteiger charge is -2.36. The first-order valence-electron chi connectivity index (χ1n) is 6.16. The molecule has 0 unspecified atom stereocenters. The highest BCUT2D eigenvalue weighted by molar-refractivity contribution is 6.27. The van der Waals surface area contributed by atoms with Crippen molar-refractivity contribution < 1.29 is 14.3 Å². The third kappa shape index (κ3) is 4.72. The Bertz CT molecular complexity index is 320. The summed E-state index contributed by atoms with van der Waals surface area (Å²) < 4.78 is 5.07. The highest BCUT2D eigenvalue weighted by Gasteiger charge is 2.30. The molecule has 1 saturated heterocycles. The monoisotopic (exact) mass is 276 g/mol. The number of ether oxygens (including phenoxy) is 1. The van der Waals surface area contributed by atoms with Crippen molar-refractivity contribution in [1.82, 2.24) is 4.90 Å². The van der Waals surface area contributed by atoms with Crippen LogP contribution in [0.5, 0.6) is 0 Å². The Balaban J connectivity index is 2.51. The average molecular weight is 277 g/mol. The van der Waals surface area contributed by atoms with Gasteiger partial charge < -0.3 is 15.4 Å². The van der Waals surface area contributed by atoms with Gasteiger partial charge in [-0.3, -0.25) is 4.79 Å². The first-order chi connectivity index (χ1) is 8.34. The van der Waals surface area contributed by atoms with Crippen LogP contribution in [-0.4, -0.2) is 41.5 Å². The minimum Gasteiger partial charge on any atom is -0.444 e. The summed E-state index contributed by atoms with van der Waals surface area (Å²) in [5.41, 5.74) is 4.44. The van der Waals surface area contributed by atoms with Crippen molar-refractivity contribution in [3.8, 4) is 0 Å². The second-order valence-electron chi connectivity index (χ2n) is 5.37. The van der Waals surface area contributed by atoms with Crippen LogP contribution >= 0.6 is 11.6 Å². The molecule has 0 bridgehead atoms. The maximum atomic E-state index is 11.5. The topological polar surface area (TPSA) is 72.6 Å². The SMILES string of the molecule is CC(C)(C[C@@H]1CCCN(C(=O)CCl)C1)OC(N)=O. The molecule has 5 nitrogen and oxygen atoms in total. The quantitative estimate of drug-likeness (QED) is 0.795. The number of nitrogens with zero attached hydrogens (tertiary/aromatic N) is 1. The Morgan fingerprint density at radius 2 is 2.17 bits per heavy atom. The van der Waals surface area contributed by atoms with Gasteiger partial charge in [0.1, 0.15) is 11.5 Å². The molecule has 2 N–H and O–H groups in total. The van der Waals surface area contributed by atoms with E-state index in [1.807, 2.05) is 13.8 Å². The molecule has 1 aliphatic rings. The summed E-state index contributed by atoms with van der Waals surface area (Å²) in [5, 5.41) is 0. The Morgan fingerprint density at radius 3 is 2.72 bits per heavy atom. The van der Waals surface area contributed by atoms with Crippen LogP contribution in [-0.2, 0) is 9.53 Å². The summed E-state index contributed by atoms with van der Waals surface area (Å²) in [6.45, 7) is 5.11. The van der Waals surface area contributed by atoms with Gasteiger partial charge in [-0.05, 0) is 39.0 Å². The van der Waals surface area contributed by atoms with Crippen LogP contribution in [0.4, 0.5) is 4.79 Å². The molecule has 104 valence electrons. The molecule has 1 fully saturated rings. The van der Waals surface area contributed by atoms with Gasteiger partial charge in [-0.2, -0.15) is 0 Å². The number of alkyl halides is 1. The number of halogens is 1. The summed E-state index contributed by atoms with van der Waals surface area (Å²) in [5.74, 6) is 0.309. The van der Waals surface area contributed by atoms with Crippen LogP contribution in [0.2, 0.25) is 0 Å². The predicted molar refractivity (Wildman–Crippen MR) is 69.4 cm³/mol. The van der Waals surface area contributed by atoms with E-state index in [1.54, 1.807) is 4.90 Å².